The van der Waals surface area contributed by atoms with Gasteiger partial charge in [0.2, 0.25) is 5.91 Å². The molecule has 1 saturated carbocycles. The summed E-state index contributed by atoms with van der Waals surface area (Å²) in [6.45, 7) is 1.96. The van der Waals surface area contributed by atoms with Gasteiger partial charge < -0.3 is 10.3 Å². The summed E-state index contributed by atoms with van der Waals surface area (Å²) >= 11 is 6.09. The van der Waals surface area contributed by atoms with Crippen LogP contribution in [0.15, 0.2) is 36.4 Å². The molecule has 0 unspecified atom stereocenters. The zero-order valence-electron chi connectivity index (χ0n) is 12.3. The van der Waals surface area contributed by atoms with E-state index in [2.05, 4.69) is 22.4 Å². The number of hydrogen-bond acceptors (Lipinski definition) is 1. The van der Waals surface area contributed by atoms with E-state index in [1.165, 1.54) is 0 Å². The van der Waals surface area contributed by atoms with E-state index in [1.54, 1.807) is 0 Å². The summed E-state index contributed by atoms with van der Waals surface area (Å²) in [5.74, 6) is -0.0268. The van der Waals surface area contributed by atoms with Gasteiger partial charge in [-0.25, -0.2) is 0 Å². The van der Waals surface area contributed by atoms with Crippen LogP contribution in [0.3, 0.4) is 0 Å². The van der Waals surface area contributed by atoms with E-state index in [0.29, 0.717) is 6.04 Å². The number of carbonyl (C=O) groups is 1. The summed E-state index contributed by atoms with van der Waals surface area (Å²) in [6.07, 6.45) is 2.22. The second-order valence-corrected chi connectivity index (χ2v) is 6.56. The van der Waals surface area contributed by atoms with E-state index >= 15 is 0 Å². The molecule has 2 aromatic carbocycles. The Kier molecular flexibility index (Phi) is 3.12. The summed E-state index contributed by atoms with van der Waals surface area (Å²) in [7, 11) is 0. The predicted octanol–water partition coefficient (Wildman–Crippen LogP) is 4.36. The molecule has 1 atom stereocenters. The third-order valence-electron chi connectivity index (χ3n) is 4.40. The van der Waals surface area contributed by atoms with Crippen molar-refractivity contribution < 1.29 is 4.79 Å². The predicted molar refractivity (Wildman–Crippen MR) is 90.4 cm³/mol. The molecule has 4 rings (SSSR count). The van der Waals surface area contributed by atoms with E-state index in [-0.39, 0.29) is 11.8 Å². The molecule has 3 aromatic rings. The van der Waals surface area contributed by atoms with Gasteiger partial charge in [-0.05, 0) is 49.6 Å². The molecule has 112 valence electrons. The maximum Gasteiger partial charge on any atom is 0.227 e. The lowest BCUT2D eigenvalue weighted by molar-refractivity contribution is -0.122. The van der Waals surface area contributed by atoms with Crippen molar-refractivity contribution >= 4 is 39.3 Å². The van der Waals surface area contributed by atoms with E-state index in [9.17, 15) is 4.79 Å². The van der Waals surface area contributed by atoms with Gasteiger partial charge in [0.1, 0.15) is 0 Å². The molecule has 3 nitrogen and oxygen atoms in total. The standard InChI is InChI=1S/C18H17ClN2O/c1-10(18(22)20-13-4-5-13)11-2-6-14-15-9-12(19)3-7-16(15)21-17(14)8-11/h2-3,6-10,13,21H,4-5H2,1H3,(H,20,22)/t10-/m1/s1. The largest absolute Gasteiger partial charge is 0.355 e. The normalized spacial score (nSPS) is 16.1. The Morgan fingerprint density at radius 1 is 1.18 bits per heavy atom. The van der Waals surface area contributed by atoms with Crippen LogP contribution < -0.4 is 5.32 Å². The van der Waals surface area contributed by atoms with Crippen molar-refractivity contribution in [1.82, 2.24) is 10.3 Å². The summed E-state index contributed by atoms with van der Waals surface area (Å²) in [5.41, 5.74) is 3.13. The SMILES string of the molecule is C[C@@H](C(=O)NC1CC1)c1ccc2c(c1)[nH]c1ccc(Cl)cc12. The minimum absolute atomic E-state index is 0.112. The molecule has 0 spiro atoms. The molecule has 22 heavy (non-hydrogen) atoms. The van der Waals surface area contributed by atoms with E-state index in [4.69, 9.17) is 11.6 Å². The molecular formula is C18H17ClN2O. The number of rotatable bonds is 3. The maximum atomic E-state index is 12.2. The Labute approximate surface area is 133 Å². The maximum absolute atomic E-state index is 12.2. The van der Waals surface area contributed by atoms with Crippen LogP contribution in [0.5, 0.6) is 0 Å². The molecule has 1 amide bonds. The fourth-order valence-corrected chi connectivity index (χ4v) is 3.04. The Balaban J connectivity index is 1.73. The van der Waals surface area contributed by atoms with E-state index < -0.39 is 0 Å². The molecule has 4 heteroatoms. The number of benzene rings is 2. The summed E-state index contributed by atoms with van der Waals surface area (Å²) in [4.78, 5) is 15.6. The quantitative estimate of drug-likeness (QED) is 0.741. The fraction of sp³-hybridized carbons (Fsp3) is 0.278. The number of carbonyl (C=O) groups excluding carboxylic acids is 1. The van der Waals surface area contributed by atoms with Crippen molar-refractivity contribution in [1.29, 1.82) is 0 Å². The van der Waals surface area contributed by atoms with Gasteiger partial charge in [0.05, 0.1) is 5.92 Å². The van der Waals surface area contributed by atoms with E-state index in [0.717, 1.165) is 45.2 Å². The highest BCUT2D eigenvalue weighted by molar-refractivity contribution is 6.31. The fourth-order valence-electron chi connectivity index (χ4n) is 2.87. The lowest BCUT2D eigenvalue weighted by Gasteiger charge is -2.12. The van der Waals surface area contributed by atoms with Gasteiger partial charge >= 0.3 is 0 Å². The second-order valence-electron chi connectivity index (χ2n) is 6.12. The van der Waals surface area contributed by atoms with E-state index in [1.807, 2.05) is 31.2 Å². The summed E-state index contributed by atoms with van der Waals surface area (Å²) < 4.78 is 0. The average molecular weight is 313 g/mol. The molecule has 2 N–H and O–H groups in total. The van der Waals surface area contributed by atoms with Crippen LogP contribution in [0.1, 0.15) is 31.2 Å². The summed E-state index contributed by atoms with van der Waals surface area (Å²) in [6, 6.07) is 12.4. The zero-order valence-corrected chi connectivity index (χ0v) is 13.1. The first-order valence-corrected chi connectivity index (χ1v) is 8.01. The number of fused-ring (bicyclic) bond motifs is 3. The van der Waals surface area contributed by atoms with Crippen molar-refractivity contribution in [3.8, 4) is 0 Å². The molecule has 1 aliphatic rings. The van der Waals surface area contributed by atoms with Gasteiger partial charge in [0.25, 0.3) is 0 Å². The number of amides is 1. The lowest BCUT2D eigenvalue weighted by Crippen LogP contribution is -2.29. The van der Waals surface area contributed by atoms with Crippen LogP contribution in [-0.4, -0.2) is 16.9 Å². The summed E-state index contributed by atoms with van der Waals surface area (Å²) in [5, 5.41) is 6.05. The number of aromatic nitrogens is 1. The first-order valence-electron chi connectivity index (χ1n) is 7.63. The van der Waals surface area contributed by atoms with Gasteiger partial charge in [-0.3, -0.25) is 4.79 Å². The smallest absolute Gasteiger partial charge is 0.227 e. The Morgan fingerprint density at radius 2 is 2.00 bits per heavy atom. The zero-order chi connectivity index (χ0) is 15.3. The molecule has 1 aliphatic carbocycles. The number of halogens is 1. The van der Waals surface area contributed by atoms with Crippen LogP contribution in [0.2, 0.25) is 5.02 Å². The lowest BCUT2D eigenvalue weighted by atomic mass is 9.98. The van der Waals surface area contributed by atoms with Gasteiger partial charge in [0, 0.05) is 32.9 Å². The highest BCUT2D eigenvalue weighted by atomic mass is 35.5. The van der Waals surface area contributed by atoms with Crippen LogP contribution in [0, 0.1) is 0 Å². The highest BCUT2D eigenvalue weighted by Crippen LogP contribution is 2.30. The van der Waals surface area contributed by atoms with Gasteiger partial charge in [-0.15, -0.1) is 0 Å². The molecule has 1 fully saturated rings. The molecule has 0 radical (unpaired) electrons. The molecular weight excluding hydrogens is 296 g/mol. The van der Waals surface area contributed by atoms with Crippen molar-refractivity contribution in [2.75, 3.05) is 0 Å². The monoisotopic (exact) mass is 312 g/mol. The molecule has 1 aromatic heterocycles. The molecule has 0 bridgehead atoms. The van der Waals surface area contributed by atoms with Crippen molar-refractivity contribution in [3.63, 3.8) is 0 Å². The van der Waals surface area contributed by atoms with Gasteiger partial charge in [-0.2, -0.15) is 0 Å². The highest BCUT2D eigenvalue weighted by Gasteiger charge is 2.26. The van der Waals surface area contributed by atoms with Gasteiger partial charge in [-0.1, -0.05) is 23.7 Å². The Morgan fingerprint density at radius 3 is 2.77 bits per heavy atom. The number of hydrogen-bond donors (Lipinski definition) is 2. The third-order valence-corrected chi connectivity index (χ3v) is 4.64. The number of H-pyrrole nitrogens is 1. The van der Waals surface area contributed by atoms with Crippen molar-refractivity contribution in [2.45, 2.75) is 31.7 Å². The third kappa shape index (κ3) is 2.35. The van der Waals surface area contributed by atoms with Crippen molar-refractivity contribution in [2.24, 2.45) is 0 Å². The number of aromatic amines is 1. The topological polar surface area (TPSA) is 44.9 Å². The first kappa shape index (κ1) is 13.6. The Hall–Kier alpha value is -2.00. The Bertz CT molecular complexity index is 879. The van der Waals surface area contributed by atoms with Gasteiger partial charge in [0.15, 0.2) is 0 Å². The molecule has 0 aliphatic heterocycles. The number of nitrogens with one attached hydrogen (secondary N) is 2. The first-order chi connectivity index (χ1) is 10.6. The van der Waals surface area contributed by atoms with Crippen LogP contribution in [0.25, 0.3) is 21.8 Å². The van der Waals surface area contributed by atoms with Crippen molar-refractivity contribution in [3.05, 3.63) is 47.0 Å². The minimum atomic E-state index is -0.139. The second kappa shape index (κ2) is 5.03. The minimum Gasteiger partial charge on any atom is -0.355 e. The van der Waals surface area contributed by atoms with Crippen LogP contribution in [0.4, 0.5) is 0 Å². The molecule has 0 saturated heterocycles. The van der Waals surface area contributed by atoms with Crippen LogP contribution in [-0.2, 0) is 4.79 Å². The average Bonchev–Trinajstić information content (AvgIpc) is 3.25. The molecule has 1 heterocycles. The van der Waals surface area contributed by atoms with Crippen LogP contribution >= 0.6 is 11.6 Å².